The average Bonchev–Trinajstić information content (AvgIpc) is 2.58. The molecule has 0 aliphatic carbocycles. The first kappa shape index (κ1) is 18.9. The molecule has 1 unspecified atom stereocenters. The molecule has 0 bridgehead atoms. The molecule has 1 atom stereocenters. The number of carbonyl (C=O) groups excluding carboxylic acids is 3. The van der Waals surface area contributed by atoms with Gasteiger partial charge in [0.1, 0.15) is 0 Å². The van der Waals surface area contributed by atoms with Crippen molar-refractivity contribution in [3.8, 4) is 0 Å². The summed E-state index contributed by atoms with van der Waals surface area (Å²) in [4.78, 5) is 37.7. The quantitative estimate of drug-likeness (QED) is 0.712. The minimum absolute atomic E-state index is 0.00209. The summed E-state index contributed by atoms with van der Waals surface area (Å²) in [6, 6.07) is 8.74. The van der Waals surface area contributed by atoms with Gasteiger partial charge in [0.15, 0.2) is 0 Å². The van der Waals surface area contributed by atoms with Crippen LogP contribution in [0.1, 0.15) is 25.8 Å². The van der Waals surface area contributed by atoms with Crippen molar-refractivity contribution in [1.29, 1.82) is 0 Å². The summed E-state index contributed by atoms with van der Waals surface area (Å²) in [5.41, 5.74) is 0.962. The van der Waals surface area contributed by atoms with Crippen LogP contribution in [0.2, 0.25) is 0 Å². The number of nitrogens with zero attached hydrogens (tertiary/aromatic N) is 1. The summed E-state index contributed by atoms with van der Waals surface area (Å²) in [5, 5.41) is 7.83. The first-order valence-corrected chi connectivity index (χ1v) is 8.60. The lowest BCUT2D eigenvalue weighted by atomic mass is 9.99. The highest BCUT2D eigenvalue weighted by atomic mass is 16.2. The Balaban J connectivity index is 1.74. The van der Waals surface area contributed by atoms with Gasteiger partial charge in [-0.2, -0.15) is 0 Å². The van der Waals surface area contributed by atoms with Gasteiger partial charge in [0.2, 0.25) is 11.8 Å². The number of piperazine rings is 1. The first-order valence-electron chi connectivity index (χ1n) is 8.60. The predicted molar refractivity (Wildman–Crippen MR) is 94.6 cm³/mol. The lowest BCUT2D eigenvalue weighted by Gasteiger charge is -2.37. The summed E-state index contributed by atoms with van der Waals surface area (Å²) >= 11 is 0. The second-order valence-electron chi connectivity index (χ2n) is 6.48. The van der Waals surface area contributed by atoms with Crippen LogP contribution in [0.5, 0.6) is 0 Å². The summed E-state index contributed by atoms with van der Waals surface area (Å²) < 4.78 is 0. The minimum atomic E-state index is -0.509. The lowest BCUT2D eigenvalue weighted by Crippen LogP contribution is -2.57. The fraction of sp³-hybridized carbons (Fsp3) is 0.500. The second kappa shape index (κ2) is 9.17. The Morgan fingerprint density at radius 2 is 2.00 bits per heavy atom. The topological polar surface area (TPSA) is 90.5 Å². The molecule has 7 nitrogen and oxygen atoms in total. The van der Waals surface area contributed by atoms with E-state index in [9.17, 15) is 14.4 Å². The molecule has 1 aliphatic rings. The molecule has 0 saturated carbocycles. The zero-order chi connectivity index (χ0) is 18.2. The van der Waals surface area contributed by atoms with E-state index in [4.69, 9.17) is 0 Å². The van der Waals surface area contributed by atoms with Crippen LogP contribution in [-0.2, 0) is 16.1 Å². The normalized spacial score (nSPS) is 17.9. The van der Waals surface area contributed by atoms with Gasteiger partial charge < -0.3 is 10.6 Å². The largest absolute Gasteiger partial charge is 0.353 e. The maximum atomic E-state index is 12.0. The van der Waals surface area contributed by atoms with Gasteiger partial charge in [-0.15, -0.1) is 0 Å². The summed E-state index contributed by atoms with van der Waals surface area (Å²) in [5.74, 6) is -0.182. The molecule has 0 aromatic heterocycles. The van der Waals surface area contributed by atoms with Gasteiger partial charge in [-0.3, -0.25) is 19.8 Å². The number of rotatable bonds is 6. The number of nitrogens with one attached hydrogen (secondary N) is 3. The van der Waals surface area contributed by atoms with E-state index in [1.165, 1.54) is 0 Å². The van der Waals surface area contributed by atoms with Crippen molar-refractivity contribution in [3.63, 3.8) is 0 Å². The minimum Gasteiger partial charge on any atom is -0.353 e. The third-order valence-electron chi connectivity index (χ3n) is 4.17. The number of amides is 4. The number of hydrogen-bond acceptors (Lipinski definition) is 4. The molecule has 3 N–H and O–H groups in total. The van der Waals surface area contributed by atoms with Crippen molar-refractivity contribution in [2.45, 2.75) is 32.9 Å². The molecular formula is C18H26N4O3. The SMILES string of the molecule is CC(C)C1C(=O)NCCN1CCC(=O)NC(=O)NCc1ccccc1. The molecule has 0 radical (unpaired) electrons. The van der Waals surface area contributed by atoms with Crippen molar-refractivity contribution < 1.29 is 14.4 Å². The van der Waals surface area contributed by atoms with E-state index in [1.807, 2.05) is 49.1 Å². The molecule has 1 saturated heterocycles. The molecule has 25 heavy (non-hydrogen) atoms. The predicted octanol–water partition coefficient (Wildman–Crippen LogP) is 0.859. The van der Waals surface area contributed by atoms with Gasteiger partial charge in [-0.25, -0.2) is 4.79 Å². The Kier molecular flexibility index (Phi) is 6.94. The standard InChI is InChI=1S/C18H26N4O3/c1-13(2)16-17(24)19-9-11-22(16)10-8-15(23)21-18(25)20-12-14-6-4-3-5-7-14/h3-7,13,16H,8-12H2,1-2H3,(H,19,24)(H2,20,21,23,25). The molecule has 1 aromatic carbocycles. The monoisotopic (exact) mass is 346 g/mol. The van der Waals surface area contributed by atoms with Gasteiger partial charge in [0, 0.05) is 32.6 Å². The average molecular weight is 346 g/mol. The van der Waals surface area contributed by atoms with E-state index >= 15 is 0 Å². The molecule has 2 rings (SSSR count). The van der Waals surface area contributed by atoms with Gasteiger partial charge >= 0.3 is 6.03 Å². The first-order chi connectivity index (χ1) is 12.0. The van der Waals surface area contributed by atoms with E-state index in [0.29, 0.717) is 26.2 Å². The van der Waals surface area contributed by atoms with Gasteiger partial charge in [0.25, 0.3) is 0 Å². The van der Waals surface area contributed by atoms with Crippen molar-refractivity contribution in [2.75, 3.05) is 19.6 Å². The fourth-order valence-corrected chi connectivity index (χ4v) is 2.96. The van der Waals surface area contributed by atoms with Gasteiger partial charge in [-0.05, 0) is 11.5 Å². The highest BCUT2D eigenvalue weighted by molar-refractivity contribution is 5.94. The van der Waals surface area contributed by atoms with Crippen LogP contribution in [0.25, 0.3) is 0 Å². The number of carbonyl (C=O) groups is 3. The molecule has 136 valence electrons. The van der Waals surface area contributed by atoms with Crippen LogP contribution in [0.3, 0.4) is 0 Å². The number of urea groups is 1. The smallest absolute Gasteiger partial charge is 0.321 e. The van der Waals surface area contributed by atoms with Crippen LogP contribution in [0.4, 0.5) is 4.79 Å². The highest BCUT2D eigenvalue weighted by Crippen LogP contribution is 2.14. The zero-order valence-electron chi connectivity index (χ0n) is 14.7. The van der Waals surface area contributed by atoms with Crippen molar-refractivity contribution in [1.82, 2.24) is 20.9 Å². The van der Waals surface area contributed by atoms with Crippen LogP contribution in [0.15, 0.2) is 30.3 Å². The van der Waals surface area contributed by atoms with Gasteiger partial charge in [0.05, 0.1) is 6.04 Å². The van der Waals surface area contributed by atoms with Crippen LogP contribution in [0, 0.1) is 5.92 Å². The Labute approximate surface area is 148 Å². The van der Waals surface area contributed by atoms with Crippen LogP contribution in [-0.4, -0.2) is 48.4 Å². The second-order valence-corrected chi connectivity index (χ2v) is 6.48. The Hall–Kier alpha value is -2.41. The van der Waals surface area contributed by atoms with Crippen LogP contribution >= 0.6 is 0 Å². The number of hydrogen-bond donors (Lipinski definition) is 3. The van der Waals surface area contributed by atoms with Crippen molar-refractivity contribution in [3.05, 3.63) is 35.9 Å². The van der Waals surface area contributed by atoms with E-state index in [2.05, 4.69) is 16.0 Å². The van der Waals surface area contributed by atoms with E-state index in [1.54, 1.807) is 0 Å². The van der Waals surface area contributed by atoms with Crippen molar-refractivity contribution >= 4 is 17.8 Å². The Morgan fingerprint density at radius 3 is 2.68 bits per heavy atom. The molecule has 1 heterocycles. The molecule has 4 amide bonds. The molecule has 1 aliphatic heterocycles. The summed E-state index contributed by atoms with van der Waals surface area (Å²) in [6.07, 6.45) is 0.176. The third-order valence-corrected chi connectivity index (χ3v) is 4.17. The summed E-state index contributed by atoms with van der Waals surface area (Å²) in [7, 11) is 0. The van der Waals surface area contributed by atoms with E-state index in [-0.39, 0.29) is 30.2 Å². The molecule has 0 spiro atoms. The highest BCUT2D eigenvalue weighted by Gasteiger charge is 2.32. The Morgan fingerprint density at radius 1 is 1.28 bits per heavy atom. The van der Waals surface area contributed by atoms with E-state index in [0.717, 1.165) is 5.56 Å². The molecule has 1 aromatic rings. The molecular weight excluding hydrogens is 320 g/mol. The number of imide groups is 1. The maximum Gasteiger partial charge on any atom is 0.321 e. The fourth-order valence-electron chi connectivity index (χ4n) is 2.96. The third kappa shape index (κ3) is 5.86. The van der Waals surface area contributed by atoms with Crippen molar-refractivity contribution in [2.24, 2.45) is 5.92 Å². The van der Waals surface area contributed by atoms with E-state index < -0.39 is 6.03 Å². The molecule has 1 fully saturated rings. The summed E-state index contributed by atoms with van der Waals surface area (Å²) in [6.45, 7) is 6.08. The molecule has 7 heteroatoms. The van der Waals surface area contributed by atoms with Gasteiger partial charge in [-0.1, -0.05) is 44.2 Å². The van der Waals surface area contributed by atoms with Crippen LogP contribution < -0.4 is 16.0 Å². The lowest BCUT2D eigenvalue weighted by molar-refractivity contribution is -0.132. The maximum absolute atomic E-state index is 12.0. The number of benzene rings is 1. The Bertz CT molecular complexity index is 604. The zero-order valence-corrected chi connectivity index (χ0v) is 14.7.